The van der Waals surface area contributed by atoms with Crippen LogP contribution in [0.5, 0.6) is 0 Å². The summed E-state index contributed by atoms with van der Waals surface area (Å²) in [5.41, 5.74) is -0.582. The maximum atomic E-state index is 12.7. The van der Waals surface area contributed by atoms with E-state index in [0.717, 1.165) is 25.3 Å². The maximum Gasteiger partial charge on any atom is 0.412 e. The van der Waals surface area contributed by atoms with Gasteiger partial charge in [0.2, 0.25) is 5.91 Å². The Labute approximate surface area is 169 Å². The molecule has 5 heteroatoms. The summed E-state index contributed by atoms with van der Waals surface area (Å²) < 4.78 is 38.2. The Morgan fingerprint density at radius 1 is 0.929 bits per heavy atom. The van der Waals surface area contributed by atoms with Crippen LogP contribution in [0.15, 0.2) is 23.8 Å². The lowest BCUT2D eigenvalue weighted by atomic mass is 10.00. The number of rotatable bonds is 15. The number of hydrogen-bond donors (Lipinski definition) is 1. The van der Waals surface area contributed by atoms with Gasteiger partial charge in [-0.05, 0) is 6.42 Å². The van der Waals surface area contributed by atoms with E-state index < -0.39 is 17.8 Å². The molecule has 1 aliphatic carbocycles. The second-order valence-corrected chi connectivity index (χ2v) is 7.95. The molecule has 162 valence electrons. The zero-order valence-corrected chi connectivity index (χ0v) is 17.5. The number of carbonyl (C=O) groups excluding carboxylic acids is 1. The molecule has 0 radical (unpaired) electrons. The zero-order valence-electron chi connectivity index (χ0n) is 17.5. The minimum absolute atomic E-state index is 0.152. The molecule has 0 aromatic rings. The van der Waals surface area contributed by atoms with E-state index in [1.807, 2.05) is 0 Å². The summed E-state index contributed by atoms with van der Waals surface area (Å²) in [6.45, 7) is 2.24. The average Bonchev–Trinajstić information content (AvgIpc) is 2.65. The number of allylic oxidation sites excluding steroid dienone is 2. The molecule has 28 heavy (non-hydrogen) atoms. The number of alkyl halides is 3. The van der Waals surface area contributed by atoms with E-state index in [9.17, 15) is 18.0 Å². The predicted octanol–water partition coefficient (Wildman–Crippen LogP) is 7.40. The zero-order chi connectivity index (χ0) is 20.7. The topological polar surface area (TPSA) is 29.1 Å². The minimum Gasteiger partial charge on any atom is -0.350 e. The summed E-state index contributed by atoms with van der Waals surface area (Å²) in [6, 6.07) is -0.545. The smallest absolute Gasteiger partial charge is 0.350 e. The summed E-state index contributed by atoms with van der Waals surface area (Å²) in [5.74, 6) is -0.152. The highest BCUT2D eigenvalue weighted by Gasteiger charge is 2.35. The number of hydrogen-bond acceptors (Lipinski definition) is 1. The first-order valence-electron chi connectivity index (χ1n) is 11.2. The van der Waals surface area contributed by atoms with Gasteiger partial charge in [-0.15, -0.1) is 0 Å². The van der Waals surface area contributed by atoms with Crippen molar-refractivity contribution in [3.8, 4) is 0 Å². The van der Waals surface area contributed by atoms with E-state index in [1.165, 1.54) is 70.3 Å². The lowest BCUT2D eigenvalue weighted by molar-refractivity contribution is -0.122. The third kappa shape index (κ3) is 12.2. The molecule has 0 bridgehead atoms. The maximum absolute atomic E-state index is 12.7. The summed E-state index contributed by atoms with van der Waals surface area (Å²) >= 11 is 0. The Balaban J connectivity index is 1.93. The molecule has 0 aliphatic heterocycles. The minimum atomic E-state index is -4.32. The summed E-state index contributed by atoms with van der Waals surface area (Å²) in [7, 11) is 0. The van der Waals surface area contributed by atoms with E-state index in [1.54, 1.807) is 6.08 Å². The molecule has 2 nitrogen and oxygen atoms in total. The van der Waals surface area contributed by atoms with Crippen LogP contribution in [0.25, 0.3) is 0 Å². The van der Waals surface area contributed by atoms with Gasteiger partial charge in [0.15, 0.2) is 0 Å². The van der Waals surface area contributed by atoms with Crippen LogP contribution in [0.1, 0.15) is 103 Å². The highest BCUT2D eigenvalue weighted by molar-refractivity contribution is 5.76. The molecule has 0 heterocycles. The number of carbonyl (C=O) groups is 1. The van der Waals surface area contributed by atoms with Crippen LogP contribution in [0.2, 0.25) is 0 Å². The third-order valence-corrected chi connectivity index (χ3v) is 5.30. The van der Waals surface area contributed by atoms with Crippen molar-refractivity contribution in [2.75, 3.05) is 0 Å². The van der Waals surface area contributed by atoms with Gasteiger partial charge in [0.25, 0.3) is 0 Å². The van der Waals surface area contributed by atoms with Crippen LogP contribution >= 0.6 is 0 Å². The Hall–Kier alpha value is -1.26. The van der Waals surface area contributed by atoms with E-state index in [2.05, 4.69) is 12.2 Å². The van der Waals surface area contributed by atoms with Crippen molar-refractivity contribution in [3.63, 3.8) is 0 Å². The first kappa shape index (κ1) is 24.8. The van der Waals surface area contributed by atoms with Gasteiger partial charge in [0.1, 0.15) is 0 Å². The molecule has 0 fully saturated rings. The summed E-state index contributed by atoms with van der Waals surface area (Å²) in [4.78, 5) is 11.9. The van der Waals surface area contributed by atoms with Gasteiger partial charge in [-0.25, -0.2) is 0 Å². The summed E-state index contributed by atoms with van der Waals surface area (Å²) in [5, 5.41) is 2.70. The second kappa shape index (κ2) is 14.7. The predicted molar refractivity (Wildman–Crippen MR) is 110 cm³/mol. The molecule has 0 saturated carbocycles. The van der Waals surface area contributed by atoms with Gasteiger partial charge in [0.05, 0.1) is 6.04 Å². The van der Waals surface area contributed by atoms with Gasteiger partial charge >= 0.3 is 6.18 Å². The van der Waals surface area contributed by atoms with Crippen LogP contribution in [-0.2, 0) is 4.79 Å². The standard InChI is InChI=1S/C23H38F3NO/c1-2-3-4-5-6-7-8-9-10-11-12-13-14-18-22(28)27-21-17-15-16-20(19-21)23(24,25)26/h15-17,21H,2-14,18-19H2,1H3,(H,27,28). The SMILES string of the molecule is CCCCCCCCCCCCCCCC(=O)NC1C=CC=C(C(F)(F)F)C1. The number of amides is 1. The first-order chi connectivity index (χ1) is 13.4. The molecular weight excluding hydrogens is 363 g/mol. The van der Waals surface area contributed by atoms with Crippen molar-refractivity contribution in [1.82, 2.24) is 5.32 Å². The molecule has 1 atom stereocenters. The number of halogens is 3. The average molecular weight is 402 g/mol. The molecule has 0 aromatic carbocycles. The molecule has 0 aromatic heterocycles. The van der Waals surface area contributed by atoms with Crippen molar-refractivity contribution in [3.05, 3.63) is 23.8 Å². The van der Waals surface area contributed by atoms with Gasteiger partial charge in [0, 0.05) is 18.4 Å². The van der Waals surface area contributed by atoms with Crippen LogP contribution in [0.4, 0.5) is 13.2 Å². The quantitative estimate of drug-likeness (QED) is 0.285. The molecule has 1 unspecified atom stereocenters. The van der Waals surface area contributed by atoms with E-state index in [0.29, 0.717) is 6.42 Å². The normalized spacial score (nSPS) is 16.9. The van der Waals surface area contributed by atoms with Gasteiger partial charge in [-0.1, -0.05) is 102 Å². The van der Waals surface area contributed by atoms with Crippen molar-refractivity contribution < 1.29 is 18.0 Å². The van der Waals surface area contributed by atoms with E-state index >= 15 is 0 Å². The van der Waals surface area contributed by atoms with Gasteiger partial charge in [-0.2, -0.15) is 13.2 Å². The Morgan fingerprint density at radius 2 is 1.43 bits per heavy atom. The molecule has 0 spiro atoms. The van der Waals surface area contributed by atoms with Crippen molar-refractivity contribution >= 4 is 5.91 Å². The summed E-state index contributed by atoms with van der Waals surface area (Å²) in [6.07, 6.45) is 16.2. The van der Waals surface area contributed by atoms with Gasteiger partial charge in [-0.3, -0.25) is 4.79 Å². The monoisotopic (exact) mass is 401 g/mol. The number of unbranched alkanes of at least 4 members (excludes halogenated alkanes) is 12. The molecule has 1 amide bonds. The largest absolute Gasteiger partial charge is 0.412 e. The van der Waals surface area contributed by atoms with E-state index in [4.69, 9.17) is 0 Å². The Morgan fingerprint density at radius 3 is 1.93 bits per heavy atom. The fraction of sp³-hybridized carbons (Fsp3) is 0.783. The van der Waals surface area contributed by atoms with Crippen LogP contribution in [-0.4, -0.2) is 18.1 Å². The van der Waals surface area contributed by atoms with Crippen molar-refractivity contribution in [1.29, 1.82) is 0 Å². The van der Waals surface area contributed by atoms with Crippen LogP contribution < -0.4 is 5.32 Å². The molecule has 0 saturated heterocycles. The highest BCUT2D eigenvalue weighted by Crippen LogP contribution is 2.31. The first-order valence-corrected chi connectivity index (χ1v) is 11.2. The lowest BCUT2D eigenvalue weighted by Crippen LogP contribution is -2.35. The molecule has 1 aliphatic rings. The lowest BCUT2D eigenvalue weighted by Gasteiger charge is -2.21. The fourth-order valence-corrected chi connectivity index (χ4v) is 3.57. The van der Waals surface area contributed by atoms with Crippen LogP contribution in [0, 0.1) is 0 Å². The van der Waals surface area contributed by atoms with E-state index in [-0.39, 0.29) is 12.3 Å². The molecule has 1 N–H and O–H groups in total. The molecular formula is C23H38F3NO. The van der Waals surface area contributed by atoms with Gasteiger partial charge < -0.3 is 5.32 Å². The fourth-order valence-electron chi connectivity index (χ4n) is 3.57. The Kier molecular flexibility index (Phi) is 13.0. The van der Waals surface area contributed by atoms with Crippen LogP contribution in [0.3, 0.4) is 0 Å². The highest BCUT2D eigenvalue weighted by atomic mass is 19.4. The molecule has 1 rings (SSSR count). The van der Waals surface area contributed by atoms with Crippen molar-refractivity contribution in [2.45, 2.75) is 115 Å². The second-order valence-electron chi connectivity index (χ2n) is 7.95. The Bertz CT molecular complexity index is 483. The third-order valence-electron chi connectivity index (χ3n) is 5.30. The number of nitrogens with one attached hydrogen (secondary N) is 1. The van der Waals surface area contributed by atoms with Crippen molar-refractivity contribution in [2.24, 2.45) is 0 Å².